The topological polar surface area (TPSA) is 93.7 Å². The summed E-state index contributed by atoms with van der Waals surface area (Å²) in [6.45, 7) is 1.73. The Hall–Kier alpha value is -3.71. The van der Waals surface area contributed by atoms with E-state index in [1.54, 1.807) is 39.3 Å². The number of fused-ring (bicyclic) bond motifs is 1. The van der Waals surface area contributed by atoms with E-state index < -0.39 is 5.97 Å². The van der Waals surface area contributed by atoms with Crippen molar-refractivity contribution in [1.29, 1.82) is 0 Å². The molecule has 0 radical (unpaired) electrons. The van der Waals surface area contributed by atoms with Crippen molar-refractivity contribution in [3.05, 3.63) is 64.7 Å². The van der Waals surface area contributed by atoms with Gasteiger partial charge in [0.25, 0.3) is 6.01 Å². The third kappa shape index (κ3) is 4.00. The molecule has 0 aliphatic heterocycles. The second-order valence-corrected chi connectivity index (χ2v) is 7.25. The van der Waals surface area contributed by atoms with Gasteiger partial charge in [-0.2, -0.15) is 4.98 Å². The summed E-state index contributed by atoms with van der Waals surface area (Å²) in [6.07, 6.45) is 0. The molecule has 4 aromatic rings. The first kappa shape index (κ1) is 20.6. The number of H-pyrrole nitrogens is 1. The number of hydrogen-bond donors (Lipinski definition) is 2. The lowest BCUT2D eigenvalue weighted by molar-refractivity contribution is 0.0695. The van der Waals surface area contributed by atoms with Crippen LogP contribution in [-0.4, -0.2) is 35.3 Å². The second-order valence-electron chi connectivity index (χ2n) is 6.84. The maximum Gasteiger partial charge on any atom is 0.336 e. The third-order valence-electron chi connectivity index (χ3n) is 4.90. The molecule has 0 unspecified atom stereocenters. The molecule has 0 spiro atoms. The van der Waals surface area contributed by atoms with Crippen LogP contribution < -0.4 is 14.2 Å². The highest BCUT2D eigenvalue weighted by molar-refractivity contribution is 6.34. The van der Waals surface area contributed by atoms with Gasteiger partial charge in [0.1, 0.15) is 5.75 Å². The van der Waals surface area contributed by atoms with E-state index in [0.29, 0.717) is 38.9 Å². The van der Waals surface area contributed by atoms with Crippen molar-refractivity contribution in [1.82, 2.24) is 9.97 Å². The number of methoxy groups -OCH3 is 2. The lowest BCUT2D eigenvalue weighted by Crippen LogP contribution is -2.00. The van der Waals surface area contributed by atoms with Gasteiger partial charge in [0.2, 0.25) is 0 Å². The fraction of sp³-hybridized carbons (Fsp3) is 0.130. The molecule has 0 aliphatic rings. The number of aromatic amines is 1. The van der Waals surface area contributed by atoms with Crippen molar-refractivity contribution in [3.63, 3.8) is 0 Å². The van der Waals surface area contributed by atoms with Crippen LogP contribution in [0.5, 0.6) is 23.3 Å². The number of carboxylic acids is 1. The largest absolute Gasteiger partial charge is 0.493 e. The molecule has 7 nitrogen and oxygen atoms in total. The number of nitrogens with zero attached hydrogens (tertiary/aromatic N) is 1. The normalized spacial score (nSPS) is 10.8. The number of rotatable bonds is 6. The third-order valence-corrected chi connectivity index (χ3v) is 5.21. The summed E-state index contributed by atoms with van der Waals surface area (Å²) in [5, 5.41) is 9.83. The van der Waals surface area contributed by atoms with Gasteiger partial charge in [0.15, 0.2) is 11.5 Å². The van der Waals surface area contributed by atoms with Gasteiger partial charge < -0.3 is 24.3 Å². The zero-order valence-electron chi connectivity index (χ0n) is 17.0. The number of imidazole rings is 1. The Morgan fingerprint density at radius 1 is 1.03 bits per heavy atom. The second kappa shape index (κ2) is 8.20. The minimum Gasteiger partial charge on any atom is -0.493 e. The molecule has 1 aromatic heterocycles. The molecule has 0 atom stereocenters. The number of nitrogens with one attached hydrogen (secondary N) is 1. The van der Waals surface area contributed by atoms with Gasteiger partial charge in [-0.15, -0.1) is 0 Å². The summed E-state index contributed by atoms with van der Waals surface area (Å²) in [5.74, 6) is 0.570. The molecule has 0 bridgehead atoms. The zero-order chi connectivity index (χ0) is 22.1. The Morgan fingerprint density at radius 3 is 2.52 bits per heavy atom. The average molecular weight is 439 g/mol. The number of carbonyl (C=O) groups is 1. The van der Waals surface area contributed by atoms with Gasteiger partial charge in [0, 0.05) is 5.56 Å². The van der Waals surface area contributed by atoms with Crippen LogP contribution in [0.4, 0.5) is 0 Å². The van der Waals surface area contributed by atoms with E-state index in [9.17, 15) is 9.90 Å². The minimum atomic E-state index is -1.01. The van der Waals surface area contributed by atoms with E-state index in [2.05, 4.69) is 9.97 Å². The van der Waals surface area contributed by atoms with Gasteiger partial charge in [-0.25, -0.2) is 4.79 Å². The summed E-state index contributed by atoms with van der Waals surface area (Å²) in [5.41, 5.74) is 3.78. The predicted molar refractivity (Wildman–Crippen MR) is 118 cm³/mol. The van der Waals surface area contributed by atoms with Crippen LogP contribution >= 0.6 is 11.6 Å². The first-order chi connectivity index (χ1) is 14.9. The number of carboxylic acid groups (broad SMARTS) is 1. The Balaban J connectivity index is 1.70. The Bertz CT molecular complexity index is 1300. The van der Waals surface area contributed by atoms with Crippen LogP contribution in [-0.2, 0) is 0 Å². The fourth-order valence-corrected chi connectivity index (χ4v) is 3.56. The van der Waals surface area contributed by atoms with Crippen LogP contribution in [0.25, 0.3) is 22.2 Å². The van der Waals surface area contributed by atoms with Gasteiger partial charge in [0.05, 0.1) is 35.8 Å². The highest BCUT2D eigenvalue weighted by atomic mass is 35.5. The molecule has 1 heterocycles. The Kier molecular flexibility index (Phi) is 5.44. The monoisotopic (exact) mass is 438 g/mol. The number of aromatic nitrogens is 2. The number of halogens is 1. The predicted octanol–water partition coefficient (Wildman–Crippen LogP) is 5.70. The summed E-state index contributed by atoms with van der Waals surface area (Å²) in [7, 11) is 3.15. The molecule has 31 heavy (non-hydrogen) atoms. The molecule has 3 aromatic carbocycles. The molecular formula is C23H19ClN2O5. The Labute approximate surface area is 183 Å². The zero-order valence-corrected chi connectivity index (χ0v) is 17.8. The average Bonchev–Trinajstić information content (AvgIpc) is 3.14. The van der Waals surface area contributed by atoms with Gasteiger partial charge in [-0.3, -0.25) is 0 Å². The van der Waals surface area contributed by atoms with Crippen molar-refractivity contribution >= 4 is 28.6 Å². The Morgan fingerprint density at radius 2 is 1.81 bits per heavy atom. The van der Waals surface area contributed by atoms with Crippen LogP contribution in [0.15, 0.2) is 48.5 Å². The van der Waals surface area contributed by atoms with Gasteiger partial charge in [-0.05, 0) is 54.4 Å². The van der Waals surface area contributed by atoms with E-state index in [0.717, 1.165) is 11.1 Å². The maximum atomic E-state index is 11.4. The molecular weight excluding hydrogens is 420 g/mol. The van der Waals surface area contributed by atoms with Crippen molar-refractivity contribution in [2.45, 2.75) is 6.92 Å². The summed E-state index contributed by atoms with van der Waals surface area (Å²) >= 11 is 6.52. The first-order valence-electron chi connectivity index (χ1n) is 9.33. The molecule has 0 fully saturated rings. The first-order valence-corrected chi connectivity index (χ1v) is 9.71. The SMILES string of the molecule is COc1ccc(-c2cc3nc(Oc4ccc(C)c(C(=O)O)c4)[nH]c3cc2Cl)cc1OC. The number of aromatic carboxylic acids is 1. The standard InChI is InChI=1S/C23H19ClN2O5/c1-12-4-6-14(9-15(12)22(27)28)31-23-25-18-10-16(17(24)11-19(18)26-23)13-5-7-20(29-2)21(8-13)30-3/h4-11H,1-3H3,(H,25,26)(H,27,28). The van der Waals surface area contributed by atoms with Crippen molar-refractivity contribution < 1.29 is 24.1 Å². The summed E-state index contributed by atoms with van der Waals surface area (Å²) in [4.78, 5) is 18.9. The van der Waals surface area contributed by atoms with Crippen molar-refractivity contribution in [3.8, 4) is 34.4 Å². The van der Waals surface area contributed by atoms with Crippen molar-refractivity contribution in [2.75, 3.05) is 14.2 Å². The highest BCUT2D eigenvalue weighted by Crippen LogP contribution is 2.37. The van der Waals surface area contributed by atoms with Gasteiger partial charge >= 0.3 is 5.97 Å². The number of benzene rings is 3. The lowest BCUT2D eigenvalue weighted by Gasteiger charge is -2.10. The molecule has 2 N–H and O–H groups in total. The molecule has 0 saturated heterocycles. The molecule has 0 aliphatic carbocycles. The van der Waals surface area contributed by atoms with Crippen LogP contribution in [0.2, 0.25) is 5.02 Å². The number of aryl methyl sites for hydroxylation is 1. The quantitative estimate of drug-likeness (QED) is 0.401. The van der Waals surface area contributed by atoms with Crippen molar-refractivity contribution in [2.24, 2.45) is 0 Å². The fourth-order valence-electron chi connectivity index (χ4n) is 3.29. The number of hydrogen-bond acceptors (Lipinski definition) is 5. The lowest BCUT2D eigenvalue weighted by atomic mass is 10.0. The van der Waals surface area contributed by atoms with E-state index in [4.69, 9.17) is 25.8 Å². The molecule has 8 heteroatoms. The van der Waals surface area contributed by atoms with Crippen LogP contribution in [0.3, 0.4) is 0 Å². The molecule has 0 saturated carbocycles. The molecule has 158 valence electrons. The van der Waals surface area contributed by atoms with E-state index in [1.165, 1.54) is 6.07 Å². The minimum absolute atomic E-state index is 0.174. The molecule has 0 amide bonds. The summed E-state index contributed by atoms with van der Waals surface area (Å²) < 4.78 is 16.4. The van der Waals surface area contributed by atoms with E-state index in [-0.39, 0.29) is 11.6 Å². The highest BCUT2D eigenvalue weighted by Gasteiger charge is 2.14. The van der Waals surface area contributed by atoms with E-state index >= 15 is 0 Å². The molecule has 4 rings (SSSR count). The maximum absolute atomic E-state index is 11.4. The number of ether oxygens (including phenoxy) is 3. The van der Waals surface area contributed by atoms with Gasteiger partial charge in [-0.1, -0.05) is 23.7 Å². The van der Waals surface area contributed by atoms with Crippen LogP contribution in [0, 0.1) is 6.92 Å². The smallest absolute Gasteiger partial charge is 0.336 e. The van der Waals surface area contributed by atoms with E-state index in [1.807, 2.05) is 24.3 Å². The van der Waals surface area contributed by atoms with Crippen LogP contribution in [0.1, 0.15) is 15.9 Å². The summed E-state index contributed by atoms with van der Waals surface area (Å²) in [6, 6.07) is 14.2.